The monoisotopic (exact) mass is 323 g/mol. The van der Waals surface area contributed by atoms with Crippen LogP contribution in [0.3, 0.4) is 0 Å². The molecule has 0 bridgehead atoms. The van der Waals surface area contributed by atoms with E-state index >= 15 is 0 Å². The van der Waals surface area contributed by atoms with Gasteiger partial charge < -0.3 is 5.32 Å². The average molecular weight is 324 g/mol. The second-order valence-electron chi connectivity index (χ2n) is 5.29. The number of carbonyl (C=O) groups is 1. The predicted molar refractivity (Wildman–Crippen MR) is 77.8 cm³/mol. The minimum Gasteiger partial charge on any atom is -0.335 e. The van der Waals surface area contributed by atoms with Gasteiger partial charge in [-0.05, 0) is 31.4 Å². The first-order valence-electron chi connectivity index (χ1n) is 6.75. The Morgan fingerprint density at radius 1 is 1.21 bits per heavy atom. The summed E-state index contributed by atoms with van der Waals surface area (Å²) in [6.45, 7) is 0. The molecule has 102 valence electrons. The van der Waals surface area contributed by atoms with Crippen LogP contribution < -0.4 is 16.2 Å². The standard InChI is InChI=1S/C14H18BrN3O/c15-10-6-7-11-12(8-10)17-18-13(11)16-14(19)9-4-2-1-3-5-9/h1-5,10-13,17-18H,6-8H2,(H,16,19). The van der Waals surface area contributed by atoms with E-state index in [-0.39, 0.29) is 12.1 Å². The molecule has 0 spiro atoms. The second kappa shape index (κ2) is 5.61. The second-order valence-corrected chi connectivity index (χ2v) is 6.58. The molecule has 1 heterocycles. The molecule has 1 amide bonds. The average Bonchev–Trinajstić information content (AvgIpc) is 2.82. The summed E-state index contributed by atoms with van der Waals surface area (Å²) in [7, 11) is 0. The lowest BCUT2D eigenvalue weighted by molar-refractivity contribution is 0.0917. The van der Waals surface area contributed by atoms with Gasteiger partial charge in [0.25, 0.3) is 5.91 Å². The van der Waals surface area contributed by atoms with E-state index in [0.717, 1.165) is 12.8 Å². The lowest BCUT2D eigenvalue weighted by Crippen LogP contribution is -2.47. The Labute approximate surface area is 121 Å². The molecule has 4 atom stereocenters. The highest BCUT2D eigenvalue weighted by Gasteiger charge is 2.40. The quantitative estimate of drug-likeness (QED) is 0.727. The van der Waals surface area contributed by atoms with Crippen LogP contribution in [0.4, 0.5) is 0 Å². The van der Waals surface area contributed by atoms with Gasteiger partial charge in [0.1, 0.15) is 0 Å². The molecule has 0 aromatic heterocycles. The number of carbonyl (C=O) groups excluding carboxylic acids is 1. The number of benzene rings is 1. The Hall–Kier alpha value is -0.910. The van der Waals surface area contributed by atoms with Crippen molar-refractivity contribution < 1.29 is 4.79 Å². The van der Waals surface area contributed by atoms with E-state index < -0.39 is 0 Å². The molecule has 5 heteroatoms. The fourth-order valence-corrected chi connectivity index (χ4v) is 3.64. The highest BCUT2D eigenvalue weighted by atomic mass is 79.9. The van der Waals surface area contributed by atoms with E-state index in [9.17, 15) is 4.79 Å². The summed E-state index contributed by atoms with van der Waals surface area (Å²) in [5.41, 5.74) is 7.23. The Bertz CT molecular complexity index is 453. The highest BCUT2D eigenvalue weighted by Crippen LogP contribution is 2.32. The van der Waals surface area contributed by atoms with Crippen LogP contribution in [0, 0.1) is 5.92 Å². The van der Waals surface area contributed by atoms with E-state index in [1.165, 1.54) is 6.42 Å². The van der Waals surface area contributed by atoms with Crippen LogP contribution in [0.1, 0.15) is 29.6 Å². The van der Waals surface area contributed by atoms with E-state index in [1.807, 2.05) is 30.3 Å². The number of halogens is 1. The normalized spacial score (nSPS) is 33.7. The lowest BCUT2D eigenvalue weighted by atomic mass is 9.84. The van der Waals surface area contributed by atoms with E-state index in [2.05, 4.69) is 32.1 Å². The maximum absolute atomic E-state index is 12.2. The van der Waals surface area contributed by atoms with E-state index in [4.69, 9.17) is 0 Å². The fourth-order valence-electron chi connectivity index (χ4n) is 2.97. The third-order valence-electron chi connectivity index (χ3n) is 4.01. The van der Waals surface area contributed by atoms with Crippen LogP contribution in [0.5, 0.6) is 0 Å². The maximum atomic E-state index is 12.2. The van der Waals surface area contributed by atoms with Crippen molar-refractivity contribution in [1.29, 1.82) is 0 Å². The van der Waals surface area contributed by atoms with Crippen LogP contribution in [0.2, 0.25) is 0 Å². The lowest BCUT2D eigenvalue weighted by Gasteiger charge is -2.30. The number of hydrogen-bond acceptors (Lipinski definition) is 3. The summed E-state index contributed by atoms with van der Waals surface area (Å²) in [6.07, 6.45) is 3.43. The Morgan fingerprint density at radius 2 is 2.00 bits per heavy atom. The summed E-state index contributed by atoms with van der Waals surface area (Å²) < 4.78 is 0. The van der Waals surface area contributed by atoms with Gasteiger partial charge >= 0.3 is 0 Å². The minimum atomic E-state index is -0.0125. The Morgan fingerprint density at radius 3 is 2.79 bits per heavy atom. The largest absolute Gasteiger partial charge is 0.335 e. The Balaban J connectivity index is 1.63. The van der Waals surface area contributed by atoms with Crippen molar-refractivity contribution in [1.82, 2.24) is 16.2 Å². The van der Waals surface area contributed by atoms with Crippen molar-refractivity contribution in [3.63, 3.8) is 0 Å². The van der Waals surface area contributed by atoms with Crippen LogP contribution in [0.25, 0.3) is 0 Å². The molecular weight excluding hydrogens is 306 g/mol. The van der Waals surface area contributed by atoms with Crippen molar-refractivity contribution >= 4 is 21.8 Å². The first kappa shape index (κ1) is 13.1. The van der Waals surface area contributed by atoms with Gasteiger partial charge in [0, 0.05) is 22.4 Å². The highest BCUT2D eigenvalue weighted by molar-refractivity contribution is 9.09. The molecule has 1 saturated heterocycles. The van der Waals surface area contributed by atoms with Gasteiger partial charge in [-0.15, -0.1) is 0 Å². The first-order chi connectivity index (χ1) is 9.24. The van der Waals surface area contributed by atoms with Crippen molar-refractivity contribution in [2.45, 2.75) is 36.3 Å². The third-order valence-corrected chi connectivity index (χ3v) is 4.85. The van der Waals surface area contributed by atoms with E-state index in [1.54, 1.807) is 0 Å². The topological polar surface area (TPSA) is 53.2 Å². The van der Waals surface area contributed by atoms with Crippen LogP contribution in [0.15, 0.2) is 30.3 Å². The molecule has 2 aliphatic rings. The van der Waals surface area contributed by atoms with Gasteiger partial charge in [-0.25, -0.2) is 5.43 Å². The van der Waals surface area contributed by atoms with Crippen molar-refractivity contribution in [2.75, 3.05) is 0 Å². The maximum Gasteiger partial charge on any atom is 0.252 e. The van der Waals surface area contributed by atoms with Gasteiger partial charge in [0.15, 0.2) is 0 Å². The smallest absolute Gasteiger partial charge is 0.252 e. The van der Waals surface area contributed by atoms with E-state index in [0.29, 0.717) is 22.4 Å². The van der Waals surface area contributed by atoms with Gasteiger partial charge in [-0.3, -0.25) is 10.2 Å². The third kappa shape index (κ3) is 2.83. The molecule has 1 saturated carbocycles. The molecule has 1 aliphatic heterocycles. The fraction of sp³-hybridized carbons (Fsp3) is 0.500. The number of nitrogens with one attached hydrogen (secondary N) is 3. The molecule has 3 rings (SSSR count). The molecule has 2 fully saturated rings. The zero-order valence-corrected chi connectivity index (χ0v) is 12.2. The molecule has 4 nitrogen and oxygen atoms in total. The van der Waals surface area contributed by atoms with Gasteiger partial charge in [-0.2, -0.15) is 0 Å². The van der Waals surface area contributed by atoms with Crippen LogP contribution in [-0.2, 0) is 0 Å². The van der Waals surface area contributed by atoms with Crippen molar-refractivity contribution in [3.05, 3.63) is 35.9 Å². The number of fused-ring (bicyclic) bond motifs is 1. The number of amides is 1. The molecule has 3 N–H and O–H groups in total. The number of rotatable bonds is 2. The van der Waals surface area contributed by atoms with Gasteiger partial charge in [0.2, 0.25) is 0 Å². The number of hydrogen-bond donors (Lipinski definition) is 3. The molecule has 1 aliphatic carbocycles. The summed E-state index contributed by atoms with van der Waals surface area (Å²) in [4.78, 5) is 12.7. The zero-order valence-electron chi connectivity index (χ0n) is 10.6. The Kier molecular flexibility index (Phi) is 3.86. The number of hydrazine groups is 1. The SMILES string of the molecule is O=C(NC1NNC2CC(Br)CCC21)c1ccccc1. The minimum absolute atomic E-state index is 0.0125. The number of alkyl halides is 1. The van der Waals surface area contributed by atoms with Crippen molar-refractivity contribution in [3.8, 4) is 0 Å². The van der Waals surface area contributed by atoms with Crippen LogP contribution in [-0.4, -0.2) is 22.9 Å². The zero-order chi connectivity index (χ0) is 13.2. The predicted octanol–water partition coefficient (Wildman–Crippen LogP) is 1.78. The van der Waals surface area contributed by atoms with Gasteiger partial charge in [0.05, 0.1) is 6.17 Å². The first-order valence-corrected chi connectivity index (χ1v) is 7.66. The summed E-state index contributed by atoms with van der Waals surface area (Å²) in [5.74, 6) is 0.461. The van der Waals surface area contributed by atoms with Crippen molar-refractivity contribution in [2.24, 2.45) is 5.92 Å². The molecule has 0 radical (unpaired) electrons. The summed E-state index contributed by atoms with van der Waals surface area (Å²) in [6, 6.07) is 9.80. The van der Waals surface area contributed by atoms with Crippen LogP contribution >= 0.6 is 15.9 Å². The molecule has 1 aromatic carbocycles. The van der Waals surface area contributed by atoms with Gasteiger partial charge in [-0.1, -0.05) is 34.1 Å². The molecule has 1 aromatic rings. The summed E-state index contributed by atoms with van der Waals surface area (Å²) in [5, 5.41) is 3.08. The molecular formula is C14H18BrN3O. The molecule has 19 heavy (non-hydrogen) atoms. The summed E-state index contributed by atoms with van der Waals surface area (Å²) >= 11 is 3.68. The molecule has 4 unspecified atom stereocenters.